The zero-order valence-electron chi connectivity index (χ0n) is 16.9. The molecule has 0 saturated carbocycles. The number of nitrogens with zero attached hydrogens (tertiary/aromatic N) is 5. The van der Waals surface area contributed by atoms with E-state index < -0.39 is 0 Å². The zero-order chi connectivity index (χ0) is 21.4. The normalized spacial score (nSPS) is 19.8. The fourth-order valence-corrected chi connectivity index (χ4v) is 3.74. The molecule has 0 aromatic carbocycles. The molecular formula is C21H22ClN7O. The van der Waals surface area contributed by atoms with Crippen LogP contribution < -0.4 is 15.5 Å². The second-order valence-corrected chi connectivity index (χ2v) is 7.64. The summed E-state index contributed by atoms with van der Waals surface area (Å²) in [6.07, 6.45) is 12.6. The number of allylic oxidation sites excluding steroid dienone is 1. The van der Waals surface area contributed by atoms with Crippen molar-refractivity contribution in [3.8, 4) is 0 Å². The molecule has 2 unspecified atom stereocenters. The van der Waals surface area contributed by atoms with E-state index >= 15 is 0 Å². The number of nitrogens with one attached hydrogen (secondary N) is 2. The lowest BCUT2D eigenvalue weighted by atomic mass is 9.90. The fourth-order valence-electron chi connectivity index (χ4n) is 3.55. The molecule has 3 heterocycles. The Balaban J connectivity index is 1.60. The Kier molecular flexibility index (Phi) is 5.17. The minimum Gasteiger partial charge on any atom is -0.324 e. The average Bonchev–Trinajstić information content (AvgIpc) is 3.23. The largest absolute Gasteiger partial charge is 0.324 e. The Labute approximate surface area is 179 Å². The molecule has 0 bridgehead atoms. The van der Waals surface area contributed by atoms with Gasteiger partial charge in [-0.25, -0.2) is 4.98 Å². The number of aryl methyl sites for hydroxylation is 1. The van der Waals surface area contributed by atoms with E-state index in [2.05, 4.69) is 32.3 Å². The summed E-state index contributed by atoms with van der Waals surface area (Å²) in [6.45, 7) is 7.50. The Bertz CT molecular complexity index is 1110. The number of carbonyl (C=O) groups is 1. The molecule has 0 spiro atoms. The molecule has 0 saturated heterocycles. The lowest BCUT2D eigenvalue weighted by Gasteiger charge is -2.29. The Morgan fingerprint density at radius 1 is 1.33 bits per heavy atom. The van der Waals surface area contributed by atoms with Crippen molar-refractivity contribution < 1.29 is 4.79 Å². The average molecular weight is 424 g/mol. The van der Waals surface area contributed by atoms with Gasteiger partial charge in [0.2, 0.25) is 11.9 Å². The van der Waals surface area contributed by atoms with Gasteiger partial charge in [-0.2, -0.15) is 10.1 Å². The predicted octanol–water partition coefficient (Wildman–Crippen LogP) is 3.38. The summed E-state index contributed by atoms with van der Waals surface area (Å²) in [6, 6.07) is 0.00904. The summed E-state index contributed by atoms with van der Waals surface area (Å²) in [7, 11) is 1.88. The molecule has 4 rings (SSSR count). The highest BCUT2D eigenvalue weighted by Crippen LogP contribution is 2.39. The van der Waals surface area contributed by atoms with Crippen LogP contribution in [0, 0.1) is 12.8 Å². The van der Waals surface area contributed by atoms with Crippen LogP contribution in [0.3, 0.4) is 0 Å². The topological polar surface area (TPSA) is 88.0 Å². The number of fused-ring (bicyclic) bond motifs is 1. The number of amides is 1. The molecule has 2 N–H and O–H groups in total. The molecule has 9 heteroatoms. The third kappa shape index (κ3) is 3.61. The molecule has 0 radical (unpaired) electrons. The monoisotopic (exact) mass is 423 g/mol. The van der Waals surface area contributed by atoms with Crippen molar-refractivity contribution >= 4 is 35.0 Å². The summed E-state index contributed by atoms with van der Waals surface area (Å²) < 4.78 is 1.78. The third-order valence-corrected chi connectivity index (χ3v) is 5.56. The van der Waals surface area contributed by atoms with Gasteiger partial charge in [-0.3, -0.25) is 9.48 Å². The number of hydrogen-bond acceptors (Lipinski definition) is 6. The Morgan fingerprint density at radius 2 is 2.13 bits per heavy atom. The van der Waals surface area contributed by atoms with Crippen LogP contribution in [0.25, 0.3) is 0 Å². The fraction of sp³-hybridized carbons (Fsp3) is 0.238. The van der Waals surface area contributed by atoms with Gasteiger partial charge in [0.25, 0.3) is 0 Å². The van der Waals surface area contributed by atoms with Gasteiger partial charge in [0, 0.05) is 24.9 Å². The van der Waals surface area contributed by atoms with Crippen molar-refractivity contribution in [1.29, 1.82) is 0 Å². The molecule has 8 nitrogen and oxygen atoms in total. The summed E-state index contributed by atoms with van der Waals surface area (Å²) in [5, 5.41) is 10.7. The van der Waals surface area contributed by atoms with Crippen molar-refractivity contribution in [2.24, 2.45) is 13.0 Å². The minimum atomic E-state index is -0.235. The third-order valence-electron chi connectivity index (χ3n) is 5.29. The molecule has 2 aromatic heterocycles. The Morgan fingerprint density at radius 3 is 2.83 bits per heavy atom. The van der Waals surface area contributed by atoms with Crippen LogP contribution in [0.2, 0.25) is 5.02 Å². The van der Waals surface area contributed by atoms with E-state index in [1.54, 1.807) is 17.1 Å². The SMILES string of the molecule is C=CC(=O)NC1=CC2C(C)=CN(c3nc(Nc4cnn(C)c4C)ncc3Cl)C2C=C1. The first-order valence-electron chi connectivity index (χ1n) is 9.45. The molecule has 2 atom stereocenters. The van der Waals surface area contributed by atoms with Gasteiger partial charge in [-0.05, 0) is 31.6 Å². The van der Waals surface area contributed by atoms with Crippen molar-refractivity contribution in [3.05, 3.63) is 71.5 Å². The molecule has 1 aliphatic heterocycles. The lowest BCUT2D eigenvalue weighted by molar-refractivity contribution is -0.115. The van der Waals surface area contributed by atoms with Gasteiger partial charge < -0.3 is 15.5 Å². The highest BCUT2D eigenvalue weighted by Gasteiger charge is 2.35. The van der Waals surface area contributed by atoms with Gasteiger partial charge in [-0.1, -0.05) is 30.3 Å². The number of hydrogen-bond donors (Lipinski definition) is 2. The van der Waals surface area contributed by atoms with E-state index in [9.17, 15) is 4.79 Å². The standard InChI is InChI=1S/C21H22ClN7O/c1-5-19(30)25-14-6-7-18-15(8-14)12(2)11-29(18)20-16(22)9-23-21(27-20)26-17-10-24-28(4)13(17)3/h5-11,15,18H,1H2,2-4H3,(H,25,30)(H,23,26,27). The molecule has 154 valence electrons. The number of anilines is 3. The summed E-state index contributed by atoms with van der Waals surface area (Å²) >= 11 is 6.46. The van der Waals surface area contributed by atoms with Crippen molar-refractivity contribution in [2.75, 3.05) is 10.2 Å². The molecule has 1 aliphatic carbocycles. The van der Waals surface area contributed by atoms with E-state index in [0.717, 1.165) is 22.7 Å². The smallest absolute Gasteiger partial charge is 0.247 e. The maximum atomic E-state index is 11.6. The second kappa shape index (κ2) is 7.79. The lowest BCUT2D eigenvalue weighted by Crippen LogP contribution is -2.33. The van der Waals surface area contributed by atoms with Crippen LogP contribution in [0.4, 0.5) is 17.5 Å². The first-order valence-corrected chi connectivity index (χ1v) is 9.83. The molecule has 1 amide bonds. The summed E-state index contributed by atoms with van der Waals surface area (Å²) in [5.74, 6) is 0.910. The molecule has 30 heavy (non-hydrogen) atoms. The van der Waals surface area contributed by atoms with Gasteiger partial charge in [0.1, 0.15) is 5.02 Å². The maximum Gasteiger partial charge on any atom is 0.247 e. The first-order chi connectivity index (χ1) is 14.4. The van der Waals surface area contributed by atoms with Crippen molar-refractivity contribution in [1.82, 2.24) is 25.1 Å². The van der Waals surface area contributed by atoms with Gasteiger partial charge >= 0.3 is 0 Å². The first kappa shape index (κ1) is 19.9. The second-order valence-electron chi connectivity index (χ2n) is 7.23. The number of rotatable bonds is 5. The van der Waals surface area contributed by atoms with E-state index in [1.807, 2.05) is 50.2 Å². The van der Waals surface area contributed by atoms with Crippen LogP contribution in [0.1, 0.15) is 12.6 Å². The van der Waals surface area contributed by atoms with Crippen LogP contribution in [0.15, 0.2) is 60.7 Å². The summed E-state index contributed by atoms with van der Waals surface area (Å²) in [5.41, 5.74) is 3.70. The quantitative estimate of drug-likeness (QED) is 0.717. The van der Waals surface area contributed by atoms with Crippen LogP contribution in [-0.2, 0) is 11.8 Å². The van der Waals surface area contributed by atoms with E-state index in [0.29, 0.717) is 16.8 Å². The van der Waals surface area contributed by atoms with Crippen LogP contribution in [0.5, 0.6) is 0 Å². The molecular weight excluding hydrogens is 402 g/mol. The van der Waals surface area contributed by atoms with Gasteiger partial charge in [0.15, 0.2) is 5.82 Å². The molecule has 2 aromatic rings. The zero-order valence-corrected chi connectivity index (χ0v) is 17.7. The molecule has 0 fully saturated rings. The van der Waals surface area contributed by atoms with Crippen LogP contribution in [-0.4, -0.2) is 31.7 Å². The van der Waals surface area contributed by atoms with E-state index in [1.165, 1.54) is 6.08 Å². The molecule has 2 aliphatic rings. The number of aromatic nitrogens is 4. The van der Waals surface area contributed by atoms with Crippen molar-refractivity contribution in [3.63, 3.8) is 0 Å². The summed E-state index contributed by atoms with van der Waals surface area (Å²) in [4.78, 5) is 22.6. The number of halogens is 1. The predicted molar refractivity (Wildman–Crippen MR) is 117 cm³/mol. The highest BCUT2D eigenvalue weighted by atomic mass is 35.5. The highest BCUT2D eigenvalue weighted by molar-refractivity contribution is 6.32. The maximum absolute atomic E-state index is 11.6. The van der Waals surface area contributed by atoms with Crippen LogP contribution >= 0.6 is 11.6 Å². The van der Waals surface area contributed by atoms with Crippen molar-refractivity contribution in [2.45, 2.75) is 19.9 Å². The minimum absolute atomic E-state index is 0.00904. The van der Waals surface area contributed by atoms with E-state index in [-0.39, 0.29) is 17.9 Å². The van der Waals surface area contributed by atoms with E-state index in [4.69, 9.17) is 11.6 Å². The van der Waals surface area contributed by atoms with Gasteiger partial charge in [-0.15, -0.1) is 0 Å². The van der Waals surface area contributed by atoms with Gasteiger partial charge in [0.05, 0.1) is 29.8 Å². The number of carbonyl (C=O) groups excluding carboxylic acids is 1. The Hall–Kier alpha value is -3.39.